The second-order valence-corrected chi connectivity index (χ2v) is 7.81. The lowest BCUT2D eigenvalue weighted by Crippen LogP contribution is -2.37. The predicted octanol–water partition coefficient (Wildman–Crippen LogP) is 4.55. The van der Waals surface area contributed by atoms with Crippen LogP contribution in [0.25, 0.3) is 0 Å². The maximum atomic E-state index is 12.3. The number of rotatable bonds is 6. The highest BCUT2D eigenvalue weighted by molar-refractivity contribution is 7.10. The van der Waals surface area contributed by atoms with Crippen molar-refractivity contribution in [1.82, 2.24) is 10.2 Å². The standard InChI is InChI=1S/C18H20Cl2N2OS/c19-14-6-5-13(15(20)11-14)10-18(23)21-12-16(17-4-3-9-24-17)22-7-1-2-8-22/h3-6,9,11,16H,1-2,7-8,10,12H2,(H,21,23). The molecule has 128 valence electrons. The number of likely N-dealkylation sites (tertiary alicyclic amines) is 1. The Balaban J connectivity index is 1.60. The van der Waals surface area contributed by atoms with Crippen molar-refractivity contribution < 1.29 is 4.79 Å². The molecule has 0 aliphatic carbocycles. The van der Waals surface area contributed by atoms with Crippen LogP contribution in [0.1, 0.15) is 29.3 Å². The van der Waals surface area contributed by atoms with Crippen molar-refractivity contribution in [3.8, 4) is 0 Å². The summed E-state index contributed by atoms with van der Waals surface area (Å²) in [6.07, 6.45) is 2.74. The molecule has 3 rings (SSSR count). The molecule has 0 saturated carbocycles. The number of benzene rings is 1. The Kier molecular flexibility index (Phi) is 6.17. The van der Waals surface area contributed by atoms with E-state index in [2.05, 4.69) is 27.7 Å². The lowest BCUT2D eigenvalue weighted by Gasteiger charge is -2.27. The third-order valence-corrected chi connectivity index (χ3v) is 5.87. The molecule has 0 radical (unpaired) electrons. The average Bonchev–Trinajstić information content (AvgIpc) is 3.24. The van der Waals surface area contributed by atoms with Gasteiger partial charge in [-0.05, 0) is 55.1 Å². The minimum absolute atomic E-state index is 0.0139. The number of hydrogen-bond donors (Lipinski definition) is 1. The van der Waals surface area contributed by atoms with E-state index in [1.165, 1.54) is 17.7 Å². The Labute approximate surface area is 156 Å². The number of nitrogens with one attached hydrogen (secondary N) is 1. The fraction of sp³-hybridized carbons (Fsp3) is 0.389. The minimum atomic E-state index is -0.0139. The van der Waals surface area contributed by atoms with E-state index in [0.717, 1.165) is 18.7 Å². The van der Waals surface area contributed by atoms with Gasteiger partial charge in [0.2, 0.25) is 5.91 Å². The van der Waals surface area contributed by atoms with Gasteiger partial charge < -0.3 is 5.32 Å². The van der Waals surface area contributed by atoms with Crippen molar-refractivity contribution in [2.24, 2.45) is 0 Å². The number of nitrogens with zero attached hydrogens (tertiary/aromatic N) is 1. The average molecular weight is 383 g/mol. The van der Waals surface area contributed by atoms with Crippen LogP contribution in [0.2, 0.25) is 10.0 Å². The van der Waals surface area contributed by atoms with Crippen molar-refractivity contribution in [2.45, 2.75) is 25.3 Å². The van der Waals surface area contributed by atoms with E-state index in [-0.39, 0.29) is 18.4 Å². The number of carbonyl (C=O) groups is 1. The second kappa shape index (κ2) is 8.34. The summed E-state index contributed by atoms with van der Waals surface area (Å²) in [5.74, 6) is -0.0139. The third kappa shape index (κ3) is 4.51. The summed E-state index contributed by atoms with van der Waals surface area (Å²) in [5.41, 5.74) is 0.799. The molecule has 0 spiro atoms. The number of thiophene rings is 1. The van der Waals surface area contributed by atoms with Gasteiger partial charge in [-0.2, -0.15) is 0 Å². The second-order valence-electron chi connectivity index (χ2n) is 5.99. The first-order valence-corrected chi connectivity index (χ1v) is 9.75. The molecular formula is C18H20Cl2N2OS. The van der Waals surface area contributed by atoms with E-state index >= 15 is 0 Å². The van der Waals surface area contributed by atoms with E-state index in [9.17, 15) is 4.79 Å². The first-order chi connectivity index (χ1) is 11.6. The van der Waals surface area contributed by atoms with Crippen LogP contribution in [-0.4, -0.2) is 30.4 Å². The van der Waals surface area contributed by atoms with Gasteiger partial charge in [0, 0.05) is 21.5 Å². The van der Waals surface area contributed by atoms with E-state index in [1.807, 2.05) is 6.07 Å². The number of carbonyl (C=O) groups excluding carboxylic acids is 1. The molecule has 1 aliphatic rings. The third-order valence-electron chi connectivity index (χ3n) is 4.31. The lowest BCUT2D eigenvalue weighted by atomic mass is 10.1. The summed E-state index contributed by atoms with van der Waals surface area (Å²) in [6, 6.07) is 9.71. The SMILES string of the molecule is O=C(Cc1ccc(Cl)cc1Cl)NCC(c1cccs1)N1CCCC1. The van der Waals surface area contributed by atoms with Crippen LogP contribution in [0.15, 0.2) is 35.7 Å². The summed E-state index contributed by atoms with van der Waals surface area (Å²) in [7, 11) is 0. The van der Waals surface area contributed by atoms with E-state index in [0.29, 0.717) is 16.6 Å². The van der Waals surface area contributed by atoms with E-state index in [1.54, 1.807) is 23.5 Å². The number of hydrogen-bond acceptors (Lipinski definition) is 3. The Bertz CT molecular complexity index is 684. The minimum Gasteiger partial charge on any atom is -0.354 e. The molecule has 1 aromatic heterocycles. The maximum Gasteiger partial charge on any atom is 0.224 e. The quantitative estimate of drug-likeness (QED) is 0.794. The molecule has 1 aliphatic heterocycles. The van der Waals surface area contributed by atoms with Crippen LogP contribution in [0.3, 0.4) is 0 Å². The Morgan fingerprint density at radius 3 is 2.71 bits per heavy atom. The van der Waals surface area contributed by atoms with Gasteiger partial charge in [-0.15, -0.1) is 11.3 Å². The largest absolute Gasteiger partial charge is 0.354 e. The van der Waals surface area contributed by atoms with Gasteiger partial charge in [0.15, 0.2) is 0 Å². The maximum absolute atomic E-state index is 12.3. The Morgan fingerprint density at radius 2 is 2.04 bits per heavy atom. The first kappa shape index (κ1) is 17.7. The fourth-order valence-corrected chi connectivity index (χ4v) is 4.39. The Morgan fingerprint density at radius 1 is 1.25 bits per heavy atom. The molecule has 1 saturated heterocycles. The van der Waals surface area contributed by atoms with Gasteiger partial charge in [0.1, 0.15) is 0 Å². The van der Waals surface area contributed by atoms with Crippen LogP contribution in [0.4, 0.5) is 0 Å². The zero-order chi connectivity index (χ0) is 16.9. The summed E-state index contributed by atoms with van der Waals surface area (Å²) in [5, 5.41) is 6.28. The molecule has 1 atom stereocenters. The van der Waals surface area contributed by atoms with Crippen LogP contribution >= 0.6 is 34.5 Å². The molecule has 1 N–H and O–H groups in total. The number of amides is 1. The highest BCUT2D eigenvalue weighted by atomic mass is 35.5. The van der Waals surface area contributed by atoms with E-state index < -0.39 is 0 Å². The molecule has 0 bridgehead atoms. The fourth-order valence-electron chi connectivity index (χ4n) is 3.05. The zero-order valence-electron chi connectivity index (χ0n) is 13.3. The van der Waals surface area contributed by atoms with Crippen LogP contribution in [0, 0.1) is 0 Å². The monoisotopic (exact) mass is 382 g/mol. The Hall–Kier alpha value is -1.07. The van der Waals surface area contributed by atoms with Crippen LogP contribution < -0.4 is 5.32 Å². The molecule has 2 aromatic rings. The van der Waals surface area contributed by atoms with Gasteiger partial charge in [0.25, 0.3) is 0 Å². The molecular weight excluding hydrogens is 363 g/mol. The van der Waals surface area contributed by atoms with Crippen LogP contribution in [-0.2, 0) is 11.2 Å². The summed E-state index contributed by atoms with van der Waals surface area (Å²) < 4.78 is 0. The predicted molar refractivity (Wildman–Crippen MR) is 101 cm³/mol. The highest BCUT2D eigenvalue weighted by Gasteiger charge is 2.24. The summed E-state index contributed by atoms with van der Waals surface area (Å²) in [6.45, 7) is 2.83. The molecule has 6 heteroatoms. The van der Waals surface area contributed by atoms with Crippen molar-refractivity contribution in [3.63, 3.8) is 0 Å². The molecule has 1 fully saturated rings. The lowest BCUT2D eigenvalue weighted by molar-refractivity contribution is -0.120. The highest BCUT2D eigenvalue weighted by Crippen LogP contribution is 2.28. The van der Waals surface area contributed by atoms with Gasteiger partial charge in [-0.25, -0.2) is 0 Å². The van der Waals surface area contributed by atoms with Crippen molar-refractivity contribution in [1.29, 1.82) is 0 Å². The van der Waals surface area contributed by atoms with Gasteiger partial charge >= 0.3 is 0 Å². The molecule has 24 heavy (non-hydrogen) atoms. The number of halogens is 2. The topological polar surface area (TPSA) is 32.3 Å². The zero-order valence-corrected chi connectivity index (χ0v) is 15.6. The van der Waals surface area contributed by atoms with Crippen molar-refractivity contribution >= 4 is 40.4 Å². The van der Waals surface area contributed by atoms with E-state index in [4.69, 9.17) is 23.2 Å². The molecule has 3 nitrogen and oxygen atoms in total. The van der Waals surface area contributed by atoms with Crippen molar-refractivity contribution in [3.05, 3.63) is 56.2 Å². The smallest absolute Gasteiger partial charge is 0.224 e. The van der Waals surface area contributed by atoms with Crippen LogP contribution in [0.5, 0.6) is 0 Å². The first-order valence-electron chi connectivity index (χ1n) is 8.11. The summed E-state index contributed by atoms with van der Waals surface area (Å²) >= 11 is 13.8. The molecule has 1 amide bonds. The van der Waals surface area contributed by atoms with Crippen molar-refractivity contribution in [2.75, 3.05) is 19.6 Å². The normalized spacial score (nSPS) is 16.2. The summed E-state index contributed by atoms with van der Waals surface area (Å²) in [4.78, 5) is 16.1. The van der Waals surface area contributed by atoms with Gasteiger partial charge in [-0.1, -0.05) is 35.3 Å². The molecule has 1 unspecified atom stereocenters. The molecule has 1 aromatic carbocycles. The van der Waals surface area contributed by atoms with Gasteiger partial charge in [-0.3, -0.25) is 9.69 Å². The van der Waals surface area contributed by atoms with Gasteiger partial charge in [0.05, 0.1) is 12.5 Å². The molecule has 2 heterocycles.